The van der Waals surface area contributed by atoms with E-state index in [1.165, 1.54) is 0 Å². The molecule has 0 saturated heterocycles. The highest BCUT2D eigenvalue weighted by Gasteiger charge is 2.09. The van der Waals surface area contributed by atoms with Crippen LogP contribution in [0.5, 0.6) is 0 Å². The van der Waals surface area contributed by atoms with Crippen molar-refractivity contribution in [2.24, 2.45) is 0 Å². The van der Waals surface area contributed by atoms with E-state index in [9.17, 15) is 4.79 Å². The minimum Gasteiger partial charge on any atom is -0.462 e. The van der Waals surface area contributed by atoms with Gasteiger partial charge in [0.05, 0.1) is 12.2 Å². The van der Waals surface area contributed by atoms with Crippen molar-refractivity contribution in [3.05, 3.63) is 54.6 Å². The number of allylic oxidation sites excluding steroid dienone is 1. The summed E-state index contributed by atoms with van der Waals surface area (Å²) in [6, 6.07) is 7.47. The number of benzene rings is 1. The Morgan fingerprint density at radius 3 is 2.84 bits per heavy atom. The zero-order valence-electron chi connectivity index (χ0n) is 11.6. The Morgan fingerprint density at radius 1 is 1.42 bits per heavy atom. The van der Waals surface area contributed by atoms with Gasteiger partial charge in [-0.3, -0.25) is 0 Å². The molecule has 0 radical (unpaired) electrons. The average molecular weight is 259 g/mol. The van der Waals surface area contributed by atoms with Gasteiger partial charge < -0.3 is 9.64 Å². The molecule has 0 fully saturated rings. The van der Waals surface area contributed by atoms with E-state index in [1.807, 2.05) is 37.3 Å². The number of ether oxygens (including phenoxy) is 1. The summed E-state index contributed by atoms with van der Waals surface area (Å²) in [6.45, 7) is 9.46. The number of anilines is 1. The Kier molecular flexibility index (Phi) is 6.44. The van der Waals surface area contributed by atoms with Crippen LogP contribution in [-0.2, 0) is 4.74 Å². The molecule has 0 N–H and O–H groups in total. The standard InChI is InChI=1S/C16H21NO2/c1-4-7-12-17(11-5-2)15-10-8-9-14(13-15)16(18)19-6-3/h4-5,7-10,13H,2,6,11-12H2,1,3H3/b7-4+. The minimum atomic E-state index is -0.283. The van der Waals surface area contributed by atoms with Crippen molar-refractivity contribution in [2.45, 2.75) is 13.8 Å². The average Bonchev–Trinajstić information content (AvgIpc) is 2.44. The Bertz CT molecular complexity index is 452. The Hall–Kier alpha value is -2.03. The van der Waals surface area contributed by atoms with Crippen molar-refractivity contribution in [1.29, 1.82) is 0 Å². The van der Waals surface area contributed by atoms with Crippen LogP contribution >= 0.6 is 0 Å². The number of hydrogen-bond acceptors (Lipinski definition) is 3. The molecule has 102 valence electrons. The van der Waals surface area contributed by atoms with Gasteiger partial charge >= 0.3 is 5.97 Å². The van der Waals surface area contributed by atoms with Crippen molar-refractivity contribution < 1.29 is 9.53 Å². The third-order valence-electron chi connectivity index (χ3n) is 2.63. The molecule has 0 saturated carbocycles. The van der Waals surface area contributed by atoms with E-state index in [0.29, 0.717) is 12.2 Å². The second-order valence-electron chi connectivity index (χ2n) is 4.03. The quantitative estimate of drug-likeness (QED) is 0.555. The summed E-state index contributed by atoms with van der Waals surface area (Å²) in [5.41, 5.74) is 1.57. The van der Waals surface area contributed by atoms with Crippen LogP contribution in [0.3, 0.4) is 0 Å². The lowest BCUT2D eigenvalue weighted by Crippen LogP contribution is -2.23. The molecule has 0 atom stereocenters. The maximum atomic E-state index is 11.7. The maximum absolute atomic E-state index is 11.7. The first-order valence-electron chi connectivity index (χ1n) is 6.47. The summed E-state index contributed by atoms with van der Waals surface area (Å²) in [5.74, 6) is -0.283. The molecule has 0 aliphatic heterocycles. The van der Waals surface area contributed by atoms with E-state index in [2.05, 4.69) is 17.6 Å². The maximum Gasteiger partial charge on any atom is 0.338 e. The molecule has 1 aromatic carbocycles. The van der Waals surface area contributed by atoms with Gasteiger partial charge in [-0.25, -0.2) is 4.79 Å². The van der Waals surface area contributed by atoms with Gasteiger partial charge in [0.2, 0.25) is 0 Å². The molecule has 0 unspecified atom stereocenters. The van der Waals surface area contributed by atoms with Crippen molar-refractivity contribution >= 4 is 11.7 Å². The van der Waals surface area contributed by atoms with Crippen molar-refractivity contribution in [2.75, 3.05) is 24.6 Å². The summed E-state index contributed by atoms with van der Waals surface area (Å²) in [7, 11) is 0. The van der Waals surface area contributed by atoms with Crippen LogP contribution in [0.1, 0.15) is 24.2 Å². The van der Waals surface area contributed by atoms with Crippen LogP contribution in [0.4, 0.5) is 5.69 Å². The van der Waals surface area contributed by atoms with E-state index in [4.69, 9.17) is 4.74 Å². The zero-order chi connectivity index (χ0) is 14.1. The number of esters is 1. The molecule has 0 aliphatic rings. The first-order chi connectivity index (χ1) is 9.22. The topological polar surface area (TPSA) is 29.5 Å². The van der Waals surface area contributed by atoms with Gasteiger partial charge in [0.25, 0.3) is 0 Å². The largest absolute Gasteiger partial charge is 0.462 e. The van der Waals surface area contributed by atoms with Gasteiger partial charge in [0, 0.05) is 18.8 Å². The first-order valence-corrected chi connectivity index (χ1v) is 6.47. The summed E-state index contributed by atoms with van der Waals surface area (Å²) in [5, 5.41) is 0. The molecule has 3 heteroatoms. The summed E-state index contributed by atoms with van der Waals surface area (Å²) >= 11 is 0. The van der Waals surface area contributed by atoms with Crippen LogP contribution in [0, 0.1) is 0 Å². The zero-order valence-corrected chi connectivity index (χ0v) is 11.6. The molecule has 19 heavy (non-hydrogen) atoms. The summed E-state index contributed by atoms with van der Waals surface area (Å²) in [4.78, 5) is 13.9. The van der Waals surface area contributed by atoms with Crippen molar-refractivity contribution in [3.63, 3.8) is 0 Å². The lowest BCUT2D eigenvalue weighted by molar-refractivity contribution is 0.0526. The van der Waals surface area contributed by atoms with Crippen LogP contribution in [0.15, 0.2) is 49.1 Å². The molecule has 0 aliphatic carbocycles. The molecule has 0 aromatic heterocycles. The van der Waals surface area contributed by atoms with Crippen LogP contribution in [0.2, 0.25) is 0 Å². The molecule has 0 heterocycles. The summed E-state index contributed by atoms with van der Waals surface area (Å²) < 4.78 is 5.01. The molecule has 0 bridgehead atoms. The fraction of sp³-hybridized carbons (Fsp3) is 0.312. The highest BCUT2D eigenvalue weighted by atomic mass is 16.5. The van der Waals surface area contributed by atoms with Gasteiger partial charge in [0.15, 0.2) is 0 Å². The van der Waals surface area contributed by atoms with Crippen LogP contribution in [-0.4, -0.2) is 25.7 Å². The molecular formula is C16H21NO2. The molecule has 0 spiro atoms. The molecule has 1 rings (SSSR count). The Labute approximate surface area is 115 Å². The first kappa shape index (κ1) is 15.0. The Balaban J connectivity index is 2.93. The molecule has 0 amide bonds. The van der Waals surface area contributed by atoms with E-state index < -0.39 is 0 Å². The third-order valence-corrected chi connectivity index (χ3v) is 2.63. The smallest absolute Gasteiger partial charge is 0.338 e. The fourth-order valence-corrected chi connectivity index (χ4v) is 1.72. The lowest BCUT2D eigenvalue weighted by atomic mass is 10.2. The third kappa shape index (κ3) is 4.62. The van der Waals surface area contributed by atoms with Crippen LogP contribution in [0.25, 0.3) is 0 Å². The second-order valence-corrected chi connectivity index (χ2v) is 4.03. The van der Waals surface area contributed by atoms with E-state index in [0.717, 1.165) is 18.8 Å². The highest BCUT2D eigenvalue weighted by Crippen LogP contribution is 2.17. The van der Waals surface area contributed by atoms with Crippen molar-refractivity contribution in [3.8, 4) is 0 Å². The van der Waals surface area contributed by atoms with E-state index in [-0.39, 0.29) is 5.97 Å². The number of carbonyl (C=O) groups is 1. The van der Waals surface area contributed by atoms with Gasteiger partial charge in [-0.2, -0.15) is 0 Å². The highest BCUT2D eigenvalue weighted by molar-refractivity contribution is 5.90. The molecule has 1 aromatic rings. The van der Waals surface area contributed by atoms with Crippen LogP contribution < -0.4 is 4.90 Å². The minimum absolute atomic E-state index is 0.283. The Morgan fingerprint density at radius 2 is 2.21 bits per heavy atom. The second kappa shape index (κ2) is 8.14. The number of rotatable bonds is 7. The number of hydrogen-bond donors (Lipinski definition) is 0. The van der Waals surface area contributed by atoms with Gasteiger partial charge in [-0.05, 0) is 32.0 Å². The fourth-order valence-electron chi connectivity index (χ4n) is 1.72. The molecule has 3 nitrogen and oxygen atoms in total. The van der Waals surface area contributed by atoms with Gasteiger partial charge in [0.1, 0.15) is 0 Å². The SMILES string of the molecule is C=CCN(C/C=C/C)c1cccc(C(=O)OCC)c1. The van der Waals surface area contributed by atoms with E-state index >= 15 is 0 Å². The van der Waals surface area contributed by atoms with Gasteiger partial charge in [-0.1, -0.05) is 24.3 Å². The monoisotopic (exact) mass is 259 g/mol. The lowest BCUT2D eigenvalue weighted by Gasteiger charge is -2.22. The van der Waals surface area contributed by atoms with Crippen molar-refractivity contribution in [1.82, 2.24) is 0 Å². The molecular weight excluding hydrogens is 238 g/mol. The van der Waals surface area contributed by atoms with Gasteiger partial charge in [-0.15, -0.1) is 6.58 Å². The summed E-state index contributed by atoms with van der Waals surface area (Å²) in [6.07, 6.45) is 5.92. The number of nitrogens with zero attached hydrogens (tertiary/aromatic N) is 1. The normalized spacial score (nSPS) is 10.4. The number of carbonyl (C=O) groups excluding carboxylic acids is 1. The predicted octanol–water partition coefficient (Wildman–Crippen LogP) is 3.43. The van der Waals surface area contributed by atoms with E-state index in [1.54, 1.807) is 13.0 Å². The predicted molar refractivity (Wildman–Crippen MR) is 79.6 cm³/mol.